The molecule has 0 saturated heterocycles. The van der Waals surface area contributed by atoms with Crippen molar-refractivity contribution in [2.75, 3.05) is 5.32 Å². The molecule has 0 bridgehead atoms. The fourth-order valence-electron chi connectivity index (χ4n) is 1.86. The summed E-state index contributed by atoms with van der Waals surface area (Å²) in [6.45, 7) is 0.144. The van der Waals surface area contributed by atoms with E-state index >= 15 is 0 Å². The highest BCUT2D eigenvalue weighted by Crippen LogP contribution is 2.37. The van der Waals surface area contributed by atoms with Gasteiger partial charge in [-0.3, -0.25) is 10.3 Å². The first-order valence-electron chi connectivity index (χ1n) is 6.66. The zero-order valence-electron chi connectivity index (χ0n) is 11.2. The summed E-state index contributed by atoms with van der Waals surface area (Å²) in [5, 5.41) is 2.37. The molecular formula is C14H14N4O3. The van der Waals surface area contributed by atoms with Crippen LogP contribution in [-0.2, 0) is 11.3 Å². The minimum absolute atomic E-state index is 0.0290. The van der Waals surface area contributed by atoms with Gasteiger partial charge in [-0.1, -0.05) is 30.3 Å². The number of benzene rings is 1. The second-order valence-corrected chi connectivity index (χ2v) is 4.82. The molecule has 0 atom stereocenters. The van der Waals surface area contributed by atoms with Gasteiger partial charge in [0.1, 0.15) is 12.4 Å². The number of carbonyl (C=O) groups excluding carboxylic acids is 1. The molecule has 2 N–H and O–H groups in total. The number of hydrogen-bond acceptors (Lipinski definition) is 5. The van der Waals surface area contributed by atoms with Crippen molar-refractivity contribution < 1.29 is 9.53 Å². The van der Waals surface area contributed by atoms with Crippen molar-refractivity contribution in [1.82, 2.24) is 15.0 Å². The lowest BCUT2D eigenvalue weighted by molar-refractivity contribution is 0.155. The number of ether oxygens (including phenoxy) is 1. The summed E-state index contributed by atoms with van der Waals surface area (Å²) in [5.74, 6) is 0.800. The summed E-state index contributed by atoms with van der Waals surface area (Å²) < 4.78 is 5.05. The first-order chi connectivity index (χ1) is 10.2. The van der Waals surface area contributed by atoms with Crippen LogP contribution in [0.15, 0.2) is 35.1 Å². The Labute approximate surface area is 120 Å². The van der Waals surface area contributed by atoms with Crippen molar-refractivity contribution >= 4 is 12.0 Å². The van der Waals surface area contributed by atoms with Gasteiger partial charge in [-0.2, -0.15) is 9.97 Å². The molecule has 1 heterocycles. The third-order valence-corrected chi connectivity index (χ3v) is 3.06. The maximum Gasteiger partial charge on any atom is 0.414 e. The van der Waals surface area contributed by atoms with Crippen molar-refractivity contribution in [3.8, 4) is 0 Å². The van der Waals surface area contributed by atoms with E-state index in [0.29, 0.717) is 5.82 Å². The largest absolute Gasteiger partial charge is 0.444 e. The zero-order valence-corrected chi connectivity index (χ0v) is 11.2. The summed E-state index contributed by atoms with van der Waals surface area (Å²) in [7, 11) is 0. The molecule has 1 saturated carbocycles. The van der Waals surface area contributed by atoms with Crippen LogP contribution in [0.25, 0.3) is 0 Å². The molecule has 1 aromatic heterocycles. The highest BCUT2D eigenvalue weighted by molar-refractivity contribution is 5.82. The normalized spacial score (nSPS) is 13.7. The smallest absolute Gasteiger partial charge is 0.414 e. The minimum atomic E-state index is -0.689. The van der Waals surface area contributed by atoms with Crippen LogP contribution < -0.4 is 11.0 Å². The van der Waals surface area contributed by atoms with Gasteiger partial charge in [-0.05, 0) is 18.4 Å². The molecule has 1 aromatic carbocycles. The zero-order chi connectivity index (χ0) is 14.7. The number of rotatable bonds is 4. The van der Waals surface area contributed by atoms with Gasteiger partial charge in [-0.15, -0.1) is 0 Å². The van der Waals surface area contributed by atoms with Crippen molar-refractivity contribution in [3.05, 3.63) is 52.2 Å². The predicted molar refractivity (Wildman–Crippen MR) is 74.9 cm³/mol. The summed E-state index contributed by atoms with van der Waals surface area (Å²) in [6.07, 6.45) is 1.29. The second kappa shape index (κ2) is 5.74. The second-order valence-electron chi connectivity index (χ2n) is 4.82. The molecule has 1 aliphatic rings. The van der Waals surface area contributed by atoms with Gasteiger partial charge in [0.25, 0.3) is 0 Å². The van der Waals surface area contributed by atoms with Crippen LogP contribution in [0.4, 0.5) is 10.7 Å². The number of anilines is 1. The first-order valence-corrected chi connectivity index (χ1v) is 6.66. The van der Waals surface area contributed by atoms with Crippen molar-refractivity contribution in [2.45, 2.75) is 25.4 Å². The van der Waals surface area contributed by atoms with Crippen LogP contribution >= 0.6 is 0 Å². The summed E-state index contributed by atoms with van der Waals surface area (Å²) in [5.41, 5.74) is 0.350. The number of hydrogen-bond donors (Lipinski definition) is 2. The summed E-state index contributed by atoms with van der Waals surface area (Å²) in [4.78, 5) is 33.4. The third kappa shape index (κ3) is 3.65. The topological polar surface area (TPSA) is 97.0 Å². The van der Waals surface area contributed by atoms with Crippen molar-refractivity contribution in [3.63, 3.8) is 0 Å². The molecular weight excluding hydrogens is 272 g/mol. The van der Waals surface area contributed by atoms with E-state index in [4.69, 9.17) is 4.74 Å². The molecule has 0 aliphatic heterocycles. The number of H-pyrrole nitrogens is 1. The molecule has 21 heavy (non-hydrogen) atoms. The SMILES string of the molecule is O=C(Nc1nc(C2CC2)[nH]c(=O)n1)OCc1ccccc1. The fraction of sp³-hybridized carbons (Fsp3) is 0.286. The van der Waals surface area contributed by atoms with Crippen LogP contribution in [0.3, 0.4) is 0 Å². The highest BCUT2D eigenvalue weighted by Gasteiger charge is 2.27. The van der Waals surface area contributed by atoms with Crippen LogP contribution in [-0.4, -0.2) is 21.0 Å². The molecule has 1 amide bonds. The monoisotopic (exact) mass is 286 g/mol. The molecule has 1 fully saturated rings. The summed E-state index contributed by atoms with van der Waals surface area (Å²) >= 11 is 0. The Bertz CT molecular complexity index is 695. The number of aromatic amines is 1. The lowest BCUT2D eigenvalue weighted by atomic mass is 10.2. The Balaban J connectivity index is 1.60. The predicted octanol–water partition coefficient (Wildman–Crippen LogP) is 1.79. The number of nitrogens with one attached hydrogen (secondary N) is 2. The Hall–Kier alpha value is -2.70. The molecule has 3 rings (SSSR count). The number of nitrogens with zero attached hydrogens (tertiary/aromatic N) is 2. The molecule has 0 unspecified atom stereocenters. The Morgan fingerprint density at radius 3 is 2.76 bits per heavy atom. The van der Waals surface area contributed by atoms with Gasteiger partial charge in [0.15, 0.2) is 0 Å². The van der Waals surface area contributed by atoms with E-state index in [0.717, 1.165) is 18.4 Å². The van der Waals surface area contributed by atoms with Crippen LogP contribution in [0.1, 0.15) is 30.1 Å². The van der Waals surface area contributed by atoms with E-state index in [1.807, 2.05) is 30.3 Å². The number of aromatic nitrogens is 3. The number of amides is 1. The standard InChI is InChI=1S/C14H14N4O3/c19-13-16-11(10-6-7-10)15-12(17-13)18-14(20)21-8-9-4-2-1-3-5-9/h1-5,10H,6-8H2,(H2,15,16,17,18,19,20). The van der Waals surface area contributed by atoms with Crippen molar-refractivity contribution in [1.29, 1.82) is 0 Å². The van der Waals surface area contributed by atoms with Crippen LogP contribution in [0, 0.1) is 0 Å². The van der Waals surface area contributed by atoms with Crippen molar-refractivity contribution in [2.24, 2.45) is 0 Å². The minimum Gasteiger partial charge on any atom is -0.444 e. The molecule has 108 valence electrons. The van der Waals surface area contributed by atoms with E-state index in [9.17, 15) is 9.59 Å². The van der Waals surface area contributed by atoms with Crippen LogP contribution in [0.2, 0.25) is 0 Å². The number of carbonyl (C=O) groups is 1. The molecule has 2 aromatic rings. The van der Waals surface area contributed by atoms with Gasteiger partial charge in [0.2, 0.25) is 5.95 Å². The molecule has 7 heteroatoms. The molecule has 1 aliphatic carbocycles. The van der Waals surface area contributed by atoms with E-state index in [-0.39, 0.29) is 18.5 Å². The van der Waals surface area contributed by atoms with Gasteiger partial charge < -0.3 is 4.74 Å². The molecule has 0 radical (unpaired) electrons. The Kier molecular flexibility index (Phi) is 3.63. The van der Waals surface area contributed by atoms with E-state index in [2.05, 4.69) is 20.3 Å². The average molecular weight is 286 g/mol. The lowest BCUT2D eigenvalue weighted by Gasteiger charge is -2.06. The molecule has 0 spiro atoms. The molecule has 7 nitrogen and oxygen atoms in total. The highest BCUT2D eigenvalue weighted by atomic mass is 16.5. The van der Waals surface area contributed by atoms with Gasteiger partial charge in [-0.25, -0.2) is 9.59 Å². The summed E-state index contributed by atoms with van der Waals surface area (Å²) in [6, 6.07) is 9.30. The maximum absolute atomic E-state index is 11.7. The first kappa shape index (κ1) is 13.3. The average Bonchev–Trinajstić information content (AvgIpc) is 3.30. The van der Waals surface area contributed by atoms with Gasteiger partial charge in [0.05, 0.1) is 0 Å². The van der Waals surface area contributed by atoms with E-state index < -0.39 is 11.8 Å². The van der Waals surface area contributed by atoms with Gasteiger partial charge in [0, 0.05) is 5.92 Å². The van der Waals surface area contributed by atoms with Crippen LogP contribution in [0.5, 0.6) is 0 Å². The lowest BCUT2D eigenvalue weighted by Crippen LogP contribution is -2.22. The quantitative estimate of drug-likeness (QED) is 0.893. The van der Waals surface area contributed by atoms with Gasteiger partial charge >= 0.3 is 11.8 Å². The van der Waals surface area contributed by atoms with E-state index in [1.54, 1.807) is 0 Å². The Morgan fingerprint density at radius 1 is 1.29 bits per heavy atom. The third-order valence-electron chi connectivity index (χ3n) is 3.06. The fourth-order valence-corrected chi connectivity index (χ4v) is 1.86. The van der Waals surface area contributed by atoms with E-state index in [1.165, 1.54) is 0 Å². The Morgan fingerprint density at radius 2 is 2.05 bits per heavy atom. The maximum atomic E-state index is 11.7.